The lowest BCUT2D eigenvalue weighted by molar-refractivity contribution is -0.137. The van der Waals surface area contributed by atoms with Gasteiger partial charge in [0.25, 0.3) is 0 Å². The van der Waals surface area contributed by atoms with E-state index >= 15 is 0 Å². The molecule has 4 aromatic rings. The van der Waals surface area contributed by atoms with Crippen LogP contribution >= 0.6 is 46.6 Å². The van der Waals surface area contributed by atoms with Gasteiger partial charge in [-0.1, -0.05) is 58.7 Å². The van der Waals surface area contributed by atoms with Gasteiger partial charge in [0.15, 0.2) is 11.0 Å². The van der Waals surface area contributed by atoms with Crippen LogP contribution in [-0.2, 0) is 11.0 Å². The van der Waals surface area contributed by atoms with E-state index < -0.39 is 17.6 Å². The Morgan fingerprint density at radius 3 is 2.34 bits per heavy atom. The molecule has 1 heterocycles. The molecule has 1 aromatic heterocycles. The summed E-state index contributed by atoms with van der Waals surface area (Å²) in [4.78, 5) is 12.6. The minimum absolute atomic E-state index is 0.0123. The van der Waals surface area contributed by atoms with Crippen molar-refractivity contribution in [2.45, 2.75) is 11.3 Å². The molecule has 0 fully saturated rings. The first-order valence-corrected chi connectivity index (χ1v) is 12.0. The molecule has 0 aliphatic carbocycles. The van der Waals surface area contributed by atoms with Crippen molar-refractivity contribution in [1.82, 2.24) is 14.8 Å². The van der Waals surface area contributed by atoms with Crippen LogP contribution in [0.4, 0.5) is 18.9 Å². The highest BCUT2D eigenvalue weighted by Crippen LogP contribution is 2.35. The van der Waals surface area contributed by atoms with E-state index in [2.05, 4.69) is 15.5 Å². The Morgan fingerprint density at radius 1 is 0.943 bits per heavy atom. The molecular formula is C23H14Cl3F3N4OS. The number of benzene rings is 3. The third kappa shape index (κ3) is 5.92. The number of carbonyl (C=O) groups is 1. The molecular weight excluding hydrogens is 544 g/mol. The number of alkyl halides is 3. The maximum atomic E-state index is 13.0. The summed E-state index contributed by atoms with van der Waals surface area (Å²) < 4.78 is 40.8. The number of nitrogens with one attached hydrogen (secondary N) is 1. The molecule has 35 heavy (non-hydrogen) atoms. The van der Waals surface area contributed by atoms with Crippen LogP contribution in [0.3, 0.4) is 0 Å². The molecule has 1 amide bonds. The van der Waals surface area contributed by atoms with Crippen LogP contribution in [0.25, 0.3) is 17.1 Å². The van der Waals surface area contributed by atoms with E-state index in [0.29, 0.717) is 32.3 Å². The van der Waals surface area contributed by atoms with E-state index in [-0.39, 0.29) is 16.5 Å². The lowest BCUT2D eigenvalue weighted by Crippen LogP contribution is -2.16. The van der Waals surface area contributed by atoms with Gasteiger partial charge in [-0.3, -0.25) is 9.36 Å². The largest absolute Gasteiger partial charge is 0.416 e. The first-order valence-electron chi connectivity index (χ1n) is 9.89. The molecule has 0 atom stereocenters. The Labute approximate surface area is 217 Å². The summed E-state index contributed by atoms with van der Waals surface area (Å²) in [5.41, 5.74) is 0.251. The van der Waals surface area contributed by atoms with E-state index in [1.165, 1.54) is 0 Å². The molecule has 1 N–H and O–H groups in total. The number of anilines is 1. The van der Waals surface area contributed by atoms with Crippen LogP contribution < -0.4 is 5.32 Å². The Bertz CT molecular complexity index is 1380. The monoisotopic (exact) mass is 556 g/mol. The Balaban J connectivity index is 1.60. The molecule has 4 rings (SSSR count). The van der Waals surface area contributed by atoms with Crippen molar-refractivity contribution in [1.29, 1.82) is 0 Å². The zero-order valence-corrected chi connectivity index (χ0v) is 20.6. The van der Waals surface area contributed by atoms with Crippen molar-refractivity contribution in [3.05, 3.63) is 87.4 Å². The highest BCUT2D eigenvalue weighted by atomic mass is 35.5. The normalized spacial score (nSPS) is 11.5. The molecule has 180 valence electrons. The number of aromatic nitrogens is 3. The number of rotatable bonds is 6. The molecule has 0 aliphatic rings. The summed E-state index contributed by atoms with van der Waals surface area (Å²) in [5, 5.41) is 12.2. The van der Waals surface area contributed by atoms with Gasteiger partial charge in [-0.15, -0.1) is 10.2 Å². The van der Waals surface area contributed by atoms with Gasteiger partial charge in [0.2, 0.25) is 5.91 Å². The van der Waals surface area contributed by atoms with E-state index in [1.54, 1.807) is 53.1 Å². The maximum absolute atomic E-state index is 13.0. The van der Waals surface area contributed by atoms with Crippen molar-refractivity contribution in [3.63, 3.8) is 0 Å². The molecule has 0 saturated heterocycles. The Morgan fingerprint density at radius 2 is 1.66 bits per heavy atom. The summed E-state index contributed by atoms with van der Waals surface area (Å²) >= 11 is 19.4. The minimum Gasteiger partial charge on any atom is -0.324 e. The highest BCUT2D eigenvalue weighted by molar-refractivity contribution is 7.99. The average Bonchev–Trinajstić information content (AvgIpc) is 3.23. The minimum atomic E-state index is -4.57. The van der Waals surface area contributed by atoms with Gasteiger partial charge in [0.05, 0.1) is 27.0 Å². The SMILES string of the molecule is O=C(CSc1nnc(-c2ccccc2Cl)n1-c1ccc(Cl)cc1)Nc1cc(C(F)(F)F)ccc1Cl. The van der Waals surface area contributed by atoms with Crippen LogP contribution in [0.2, 0.25) is 15.1 Å². The maximum Gasteiger partial charge on any atom is 0.416 e. The van der Waals surface area contributed by atoms with Crippen LogP contribution in [0.5, 0.6) is 0 Å². The molecule has 5 nitrogen and oxygen atoms in total. The molecule has 12 heteroatoms. The van der Waals surface area contributed by atoms with Crippen LogP contribution in [-0.4, -0.2) is 26.4 Å². The fourth-order valence-electron chi connectivity index (χ4n) is 3.12. The fraction of sp³-hybridized carbons (Fsp3) is 0.0870. The van der Waals surface area contributed by atoms with Gasteiger partial charge in [-0.2, -0.15) is 13.2 Å². The topological polar surface area (TPSA) is 59.8 Å². The standard InChI is InChI=1S/C23H14Cl3F3N4OS/c24-14-6-8-15(9-7-14)33-21(16-3-1-2-4-17(16)25)31-32-22(33)35-12-20(34)30-19-11-13(23(27,28)29)5-10-18(19)26/h1-11H,12H2,(H,30,34). The Hall–Kier alpha value is -2.72. The van der Waals surface area contributed by atoms with E-state index in [0.717, 1.165) is 30.0 Å². The van der Waals surface area contributed by atoms with Gasteiger partial charge in [-0.25, -0.2) is 0 Å². The number of thioether (sulfide) groups is 1. The van der Waals surface area contributed by atoms with Crippen molar-refractivity contribution in [3.8, 4) is 17.1 Å². The lowest BCUT2D eigenvalue weighted by Gasteiger charge is -2.13. The molecule has 0 spiro atoms. The van der Waals surface area contributed by atoms with Crippen molar-refractivity contribution >= 4 is 58.2 Å². The first kappa shape index (κ1) is 25.4. The fourth-order valence-corrected chi connectivity index (χ4v) is 4.38. The second-order valence-electron chi connectivity index (χ2n) is 7.13. The van der Waals surface area contributed by atoms with E-state index in [9.17, 15) is 18.0 Å². The number of carbonyl (C=O) groups excluding carboxylic acids is 1. The summed E-state index contributed by atoms with van der Waals surface area (Å²) in [6.45, 7) is 0. The number of amides is 1. The zero-order chi connectivity index (χ0) is 25.2. The van der Waals surface area contributed by atoms with Crippen molar-refractivity contribution < 1.29 is 18.0 Å². The number of halogens is 6. The second kappa shape index (κ2) is 10.5. The molecule has 0 aliphatic heterocycles. The molecule has 0 saturated carbocycles. The summed E-state index contributed by atoms with van der Waals surface area (Å²) in [5.74, 6) is -0.288. The van der Waals surface area contributed by atoms with Crippen LogP contribution in [0.15, 0.2) is 71.9 Å². The van der Waals surface area contributed by atoms with Gasteiger partial charge in [0, 0.05) is 16.3 Å². The molecule has 3 aromatic carbocycles. The van der Waals surface area contributed by atoms with Crippen LogP contribution in [0, 0.1) is 0 Å². The van der Waals surface area contributed by atoms with Crippen LogP contribution in [0.1, 0.15) is 5.56 Å². The average molecular weight is 558 g/mol. The van der Waals surface area contributed by atoms with Gasteiger partial charge >= 0.3 is 6.18 Å². The molecule has 0 unspecified atom stereocenters. The summed E-state index contributed by atoms with van der Waals surface area (Å²) in [7, 11) is 0. The molecule has 0 radical (unpaired) electrons. The third-order valence-electron chi connectivity index (χ3n) is 4.73. The highest BCUT2D eigenvalue weighted by Gasteiger charge is 2.31. The lowest BCUT2D eigenvalue weighted by atomic mass is 10.2. The van der Waals surface area contributed by atoms with Crippen molar-refractivity contribution in [2.24, 2.45) is 0 Å². The Kier molecular flexibility index (Phi) is 7.61. The number of hydrogen-bond donors (Lipinski definition) is 1. The second-order valence-corrected chi connectivity index (χ2v) is 9.32. The smallest absolute Gasteiger partial charge is 0.324 e. The van der Waals surface area contributed by atoms with Crippen molar-refractivity contribution in [2.75, 3.05) is 11.1 Å². The first-order chi connectivity index (χ1) is 16.6. The zero-order valence-electron chi connectivity index (χ0n) is 17.5. The summed E-state index contributed by atoms with van der Waals surface area (Å²) in [6.07, 6.45) is -4.57. The number of nitrogens with zero attached hydrogens (tertiary/aromatic N) is 3. The van der Waals surface area contributed by atoms with Gasteiger partial charge in [0.1, 0.15) is 0 Å². The molecule has 0 bridgehead atoms. The van der Waals surface area contributed by atoms with E-state index in [4.69, 9.17) is 34.8 Å². The predicted octanol–water partition coefficient (Wildman–Crippen LogP) is 7.64. The van der Waals surface area contributed by atoms with Gasteiger partial charge in [-0.05, 0) is 54.6 Å². The van der Waals surface area contributed by atoms with E-state index in [1.807, 2.05) is 0 Å². The van der Waals surface area contributed by atoms with Gasteiger partial charge < -0.3 is 5.32 Å². The summed E-state index contributed by atoms with van der Waals surface area (Å²) in [6, 6.07) is 16.7. The predicted molar refractivity (Wildman–Crippen MR) is 133 cm³/mol. The third-order valence-corrected chi connectivity index (χ3v) is 6.57. The number of hydrogen-bond acceptors (Lipinski definition) is 4. The quantitative estimate of drug-likeness (QED) is 0.248.